The van der Waals surface area contributed by atoms with E-state index in [1.807, 2.05) is 19.9 Å². The van der Waals surface area contributed by atoms with Gasteiger partial charge in [0.1, 0.15) is 4.21 Å². The summed E-state index contributed by atoms with van der Waals surface area (Å²) in [5.41, 5.74) is -0.498. The topological polar surface area (TPSA) is 58.6 Å². The molecule has 1 aliphatic heterocycles. The van der Waals surface area contributed by atoms with Crippen molar-refractivity contribution in [2.24, 2.45) is 0 Å². The van der Waals surface area contributed by atoms with Gasteiger partial charge in [-0.05, 0) is 38.9 Å². The summed E-state index contributed by atoms with van der Waals surface area (Å²) in [4.78, 5) is 1.05. The third kappa shape index (κ3) is 3.84. The van der Waals surface area contributed by atoms with E-state index in [4.69, 9.17) is 4.74 Å². The highest BCUT2D eigenvalue weighted by molar-refractivity contribution is 7.91. The minimum atomic E-state index is -3.44. The summed E-state index contributed by atoms with van der Waals surface area (Å²) in [6, 6.07) is 3.61. The molecule has 0 radical (unpaired) electrons. The SMILES string of the molecule is CCCNCc1ccc(S(=O)(=O)N2CCOCC2(C)C)s1. The number of nitrogens with one attached hydrogen (secondary N) is 1. The van der Waals surface area contributed by atoms with E-state index in [2.05, 4.69) is 12.2 Å². The molecule has 1 aromatic heterocycles. The van der Waals surface area contributed by atoms with Crippen LogP contribution >= 0.6 is 11.3 Å². The molecule has 0 saturated carbocycles. The summed E-state index contributed by atoms with van der Waals surface area (Å²) in [7, 11) is -3.44. The van der Waals surface area contributed by atoms with Crippen LogP contribution in [0.5, 0.6) is 0 Å². The van der Waals surface area contributed by atoms with Gasteiger partial charge in [0, 0.05) is 18.0 Å². The normalized spacial score (nSPS) is 19.8. The predicted octanol–water partition coefficient (Wildman–Crippen LogP) is 2.05. The van der Waals surface area contributed by atoms with Crippen LogP contribution in [0.15, 0.2) is 16.3 Å². The van der Waals surface area contributed by atoms with Gasteiger partial charge >= 0.3 is 0 Å². The molecule has 0 spiro atoms. The van der Waals surface area contributed by atoms with Crippen LogP contribution in [0, 0.1) is 0 Å². The average molecular weight is 332 g/mol. The van der Waals surface area contributed by atoms with E-state index in [1.54, 1.807) is 10.4 Å². The largest absolute Gasteiger partial charge is 0.378 e. The lowest BCUT2D eigenvalue weighted by Crippen LogP contribution is -2.55. The van der Waals surface area contributed by atoms with Gasteiger partial charge in [-0.1, -0.05) is 6.92 Å². The molecule has 0 bridgehead atoms. The van der Waals surface area contributed by atoms with Crippen LogP contribution in [0.4, 0.5) is 0 Å². The van der Waals surface area contributed by atoms with E-state index in [1.165, 1.54) is 11.3 Å². The zero-order valence-corrected chi connectivity index (χ0v) is 14.5. The highest BCUT2D eigenvalue weighted by atomic mass is 32.2. The highest BCUT2D eigenvalue weighted by Gasteiger charge is 2.40. The fraction of sp³-hybridized carbons (Fsp3) is 0.714. The molecule has 1 saturated heterocycles. The maximum atomic E-state index is 12.8. The van der Waals surface area contributed by atoms with Crippen molar-refractivity contribution in [1.29, 1.82) is 0 Å². The Morgan fingerprint density at radius 1 is 1.43 bits per heavy atom. The molecule has 1 aromatic rings. The van der Waals surface area contributed by atoms with Crippen molar-refractivity contribution >= 4 is 21.4 Å². The van der Waals surface area contributed by atoms with Crippen molar-refractivity contribution in [1.82, 2.24) is 9.62 Å². The molecule has 2 rings (SSSR count). The number of thiophene rings is 1. The second kappa shape index (κ2) is 6.75. The Balaban J connectivity index is 2.15. The van der Waals surface area contributed by atoms with E-state index < -0.39 is 15.6 Å². The monoisotopic (exact) mass is 332 g/mol. The first kappa shape index (κ1) is 16.9. The number of hydrogen-bond acceptors (Lipinski definition) is 5. The van der Waals surface area contributed by atoms with Crippen molar-refractivity contribution in [2.75, 3.05) is 26.3 Å². The Labute approximate surface area is 131 Å². The van der Waals surface area contributed by atoms with Crippen LogP contribution in [0.25, 0.3) is 0 Å². The van der Waals surface area contributed by atoms with Gasteiger partial charge in [0.05, 0.1) is 18.8 Å². The van der Waals surface area contributed by atoms with Crippen LogP contribution in [0.1, 0.15) is 32.1 Å². The first-order chi connectivity index (χ1) is 9.88. The third-order valence-corrected chi connectivity index (χ3v) is 7.14. The van der Waals surface area contributed by atoms with E-state index in [0.29, 0.717) is 24.0 Å². The van der Waals surface area contributed by atoms with Crippen LogP contribution in [-0.4, -0.2) is 44.6 Å². The number of rotatable bonds is 6. The van der Waals surface area contributed by atoms with Crippen molar-refractivity contribution in [3.8, 4) is 0 Å². The van der Waals surface area contributed by atoms with Gasteiger partial charge in [0.2, 0.25) is 0 Å². The lowest BCUT2D eigenvalue weighted by atomic mass is 10.1. The van der Waals surface area contributed by atoms with Crippen molar-refractivity contribution in [3.05, 3.63) is 17.0 Å². The number of hydrogen-bond donors (Lipinski definition) is 1. The van der Waals surface area contributed by atoms with E-state index in [-0.39, 0.29) is 0 Å². The van der Waals surface area contributed by atoms with Crippen molar-refractivity contribution < 1.29 is 13.2 Å². The standard InChI is InChI=1S/C14H24N2O3S2/c1-4-7-15-10-12-5-6-13(20-12)21(17,18)16-8-9-19-11-14(16,2)3/h5-6,15H,4,7-11H2,1-3H3. The highest BCUT2D eigenvalue weighted by Crippen LogP contribution is 2.31. The number of sulfonamides is 1. The van der Waals surface area contributed by atoms with Gasteiger partial charge in [0.25, 0.3) is 10.0 Å². The lowest BCUT2D eigenvalue weighted by Gasteiger charge is -2.40. The van der Waals surface area contributed by atoms with Gasteiger partial charge in [-0.25, -0.2) is 8.42 Å². The maximum Gasteiger partial charge on any atom is 0.253 e. The van der Waals surface area contributed by atoms with Gasteiger partial charge < -0.3 is 10.1 Å². The van der Waals surface area contributed by atoms with Gasteiger partial charge in [-0.2, -0.15) is 4.31 Å². The van der Waals surface area contributed by atoms with Crippen molar-refractivity contribution in [2.45, 2.75) is 43.5 Å². The molecule has 1 fully saturated rings. The number of nitrogens with zero attached hydrogens (tertiary/aromatic N) is 1. The summed E-state index contributed by atoms with van der Waals surface area (Å²) in [5.74, 6) is 0. The fourth-order valence-electron chi connectivity index (χ4n) is 2.38. The molecule has 0 atom stereocenters. The van der Waals surface area contributed by atoms with Crippen LogP contribution in [-0.2, 0) is 21.3 Å². The fourth-order valence-corrected chi connectivity index (χ4v) is 5.57. The molecule has 5 nitrogen and oxygen atoms in total. The quantitative estimate of drug-likeness (QED) is 0.810. The molecule has 2 heterocycles. The summed E-state index contributed by atoms with van der Waals surface area (Å²) in [5, 5.41) is 3.29. The van der Waals surface area contributed by atoms with Gasteiger partial charge in [-0.15, -0.1) is 11.3 Å². The van der Waals surface area contributed by atoms with Crippen LogP contribution in [0.3, 0.4) is 0 Å². The summed E-state index contributed by atoms with van der Waals surface area (Å²) in [6.45, 7) is 8.88. The summed E-state index contributed by atoms with van der Waals surface area (Å²) >= 11 is 1.35. The third-order valence-electron chi connectivity index (χ3n) is 3.48. The first-order valence-electron chi connectivity index (χ1n) is 7.28. The molecule has 21 heavy (non-hydrogen) atoms. The molecular weight excluding hydrogens is 308 g/mol. The summed E-state index contributed by atoms with van der Waals surface area (Å²) < 4.78 is 33.0. The predicted molar refractivity (Wildman–Crippen MR) is 85.1 cm³/mol. The Hall–Kier alpha value is -0.470. The van der Waals surface area contributed by atoms with E-state index in [9.17, 15) is 8.42 Å². The molecule has 0 aliphatic carbocycles. The second-order valence-electron chi connectivity index (χ2n) is 5.84. The lowest BCUT2D eigenvalue weighted by molar-refractivity contribution is -0.00761. The average Bonchev–Trinajstić information content (AvgIpc) is 2.88. The maximum absolute atomic E-state index is 12.8. The zero-order chi connectivity index (χ0) is 15.5. The van der Waals surface area contributed by atoms with E-state index in [0.717, 1.165) is 24.4 Å². The zero-order valence-electron chi connectivity index (χ0n) is 12.9. The second-order valence-corrected chi connectivity index (χ2v) is 9.10. The molecule has 1 aliphatic rings. The molecule has 0 unspecified atom stereocenters. The molecule has 0 amide bonds. The van der Waals surface area contributed by atoms with Crippen LogP contribution < -0.4 is 5.32 Å². The molecular formula is C14H24N2O3S2. The number of morpholine rings is 1. The van der Waals surface area contributed by atoms with Crippen molar-refractivity contribution in [3.63, 3.8) is 0 Å². The minimum absolute atomic E-state index is 0.413. The molecule has 120 valence electrons. The van der Waals surface area contributed by atoms with Crippen LogP contribution in [0.2, 0.25) is 0 Å². The molecule has 0 aromatic carbocycles. The summed E-state index contributed by atoms with van der Waals surface area (Å²) in [6.07, 6.45) is 1.07. The minimum Gasteiger partial charge on any atom is -0.378 e. The first-order valence-corrected chi connectivity index (χ1v) is 9.53. The Bertz CT molecular complexity index is 567. The van der Waals surface area contributed by atoms with E-state index >= 15 is 0 Å². The number of ether oxygens (including phenoxy) is 1. The Morgan fingerprint density at radius 3 is 2.86 bits per heavy atom. The molecule has 7 heteroatoms. The molecule has 1 N–H and O–H groups in total. The Kier molecular flexibility index (Phi) is 5.43. The van der Waals surface area contributed by atoms with Gasteiger partial charge in [-0.3, -0.25) is 0 Å². The smallest absolute Gasteiger partial charge is 0.253 e. The van der Waals surface area contributed by atoms with Gasteiger partial charge in [0.15, 0.2) is 0 Å². The Morgan fingerprint density at radius 2 is 2.19 bits per heavy atom.